The molecule has 0 aliphatic carbocycles. The first-order valence-electron chi connectivity index (χ1n) is 7.72. The lowest BCUT2D eigenvalue weighted by Gasteiger charge is -2.38. The highest BCUT2D eigenvalue weighted by atomic mass is 16.6. The third kappa shape index (κ3) is 2.86. The minimum Gasteiger partial charge on any atom is -0.490 e. The van der Waals surface area contributed by atoms with Gasteiger partial charge >= 0.3 is 5.69 Å². The molecular weight excluding hydrogens is 284 g/mol. The van der Waals surface area contributed by atoms with Crippen LogP contribution in [0, 0.1) is 10.1 Å². The highest BCUT2D eigenvalue weighted by Gasteiger charge is 2.30. The highest BCUT2D eigenvalue weighted by molar-refractivity contribution is 5.70. The number of para-hydroxylation sites is 1. The second-order valence-electron chi connectivity index (χ2n) is 5.75. The van der Waals surface area contributed by atoms with Crippen molar-refractivity contribution in [2.24, 2.45) is 0 Å². The summed E-state index contributed by atoms with van der Waals surface area (Å²) in [6.45, 7) is 5.65. The van der Waals surface area contributed by atoms with E-state index in [0.717, 1.165) is 39.3 Å². The number of nitrogens with zero attached hydrogens (tertiary/aromatic N) is 3. The van der Waals surface area contributed by atoms with Crippen molar-refractivity contribution in [3.8, 4) is 5.75 Å². The zero-order valence-corrected chi connectivity index (χ0v) is 12.8. The molecule has 2 fully saturated rings. The van der Waals surface area contributed by atoms with Crippen molar-refractivity contribution in [3.63, 3.8) is 0 Å². The van der Waals surface area contributed by atoms with Crippen LogP contribution in [0.5, 0.6) is 5.75 Å². The van der Waals surface area contributed by atoms with Crippen molar-refractivity contribution in [1.82, 2.24) is 10.2 Å². The molecule has 0 amide bonds. The van der Waals surface area contributed by atoms with E-state index in [4.69, 9.17) is 4.74 Å². The van der Waals surface area contributed by atoms with Crippen LogP contribution in [0.4, 0.5) is 11.4 Å². The largest absolute Gasteiger partial charge is 0.490 e. The van der Waals surface area contributed by atoms with Gasteiger partial charge in [0.2, 0.25) is 0 Å². The summed E-state index contributed by atoms with van der Waals surface area (Å²) < 4.78 is 5.15. The van der Waals surface area contributed by atoms with E-state index in [2.05, 4.69) is 15.1 Å². The maximum Gasteiger partial charge on any atom is 0.333 e. The lowest BCUT2D eigenvalue weighted by molar-refractivity contribution is -0.385. The quantitative estimate of drug-likeness (QED) is 0.663. The maximum absolute atomic E-state index is 11.4. The minimum atomic E-state index is -0.346. The van der Waals surface area contributed by atoms with Crippen LogP contribution in [0.2, 0.25) is 0 Å². The molecule has 2 heterocycles. The van der Waals surface area contributed by atoms with Gasteiger partial charge in [-0.25, -0.2) is 0 Å². The van der Waals surface area contributed by atoms with Gasteiger partial charge in [0.15, 0.2) is 5.75 Å². The van der Waals surface area contributed by atoms with E-state index < -0.39 is 0 Å². The van der Waals surface area contributed by atoms with Gasteiger partial charge in [-0.1, -0.05) is 6.07 Å². The van der Waals surface area contributed by atoms with E-state index in [1.165, 1.54) is 13.5 Å². The fourth-order valence-electron chi connectivity index (χ4n) is 3.39. The Labute approximate surface area is 130 Å². The fraction of sp³-hybridized carbons (Fsp3) is 0.600. The van der Waals surface area contributed by atoms with Crippen LogP contribution in [0.3, 0.4) is 0 Å². The zero-order valence-electron chi connectivity index (χ0n) is 12.8. The van der Waals surface area contributed by atoms with E-state index in [1.54, 1.807) is 6.07 Å². The molecule has 0 radical (unpaired) electrons. The average Bonchev–Trinajstić information content (AvgIpc) is 3.08. The number of nitro groups is 1. The maximum atomic E-state index is 11.4. The Hall–Kier alpha value is -1.86. The average molecular weight is 306 g/mol. The normalized spacial score (nSPS) is 22.8. The number of benzene rings is 1. The van der Waals surface area contributed by atoms with Crippen molar-refractivity contribution in [3.05, 3.63) is 28.3 Å². The number of hydrogen-bond donors (Lipinski definition) is 1. The van der Waals surface area contributed by atoms with Crippen LogP contribution in [-0.2, 0) is 0 Å². The van der Waals surface area contributed by atoms with E-state index in [0.29, 0.717) is 17.5 Å². The molecule has 120 valence electrons. The highest BCUT2D eigenvalue weighted by Crippen LogP contribution is 2.37. The number of ether oxygens (including phenoxy) is 1. The summed E-state index contributed by atoms with van der Waals surface area (Å²) in [6.07, 6.45) is 1.19. The first kappa shape index (κ1) is 15.1. The number of piperazine rings is 1. The molecule has 0 aromatic heterocycles. The summed E-state index contributed by atoms with van der Waals surface area (Å²) in [6, 6.07) is 5.88. The number of methoxy groups -OCH3 is 1. The van der Waals surface area contributed by atoms with Gasteiger partial charge in [-0.05, 0) is 25.1 Å². The monoisotopic (exact) mass is 306 g/mol. The van der Waals surface area contributed by atoms with Crippen molar-refractivity contribution in [2.75, 3.05) is 51.3 Å². The second kappa shape index (κ2) is 6.50. The van der Waals surface area contributed by atoms with Gasteiger partial charge in [0.25, 0.3) is 0 Å². The van der Waals surface area contributed by atoms with E-state index in [1.807, 2.05) is 12.1 Å². The van der Waals surface area contributed by atoms with E-state index in [-0.39, 0.29) is 10.6 Å². The zero-order chi connectivity index (χ0) is 15.5. The predicted octanol–water partition coefficient (Wildman–Crippen LogP) is 1.09. The lowest BCUT2D eigenvalue weighted by Crippen LogP contribution is -2.51. The molecular formula is C15H22N4O3. The summed E-state index contributed by atoms with van der Waals surface area (Å²) >= 11 is 0. The molecule has 3 rings (SSSR count). The molecule has 0 spiro atoms. The molecule has 1 atom stereocenters. The van der Waals surface area contributed by atoms with Gasteiger partial charge in [0, 0.05) is 38.8 Å². The number of anilines is 1. The SMILES string of the molecule is COc1cccc(N2CCN(C3CCNC3)CC2)c1[N+](=O)[O-]. The van der Waals surface area contributed by atoms with Crippen LogP contribution in [0.1, 0.15) is 6.42 Å². The predicted molar refractivity (Wildman–Crippen MR) is 84.7 cm³/mol. The van der Waals surface area contributed by atoms with Crippen molar-refractivity contribution in [2.45, 2.75) is 12.5 Å². The molecule has 0 bridgehead atoms. The third-order valence-electron chi connectivity index (χ3n) is 4.59. The summed E-state index contributed by atoms with van der Waals surface area (Å²) in [5, 5.41) is 14.8. The molecule has 7 nitrogen and oxygen atoms in total. The molecule has 1 N–H and O–H groups in total. The fourth-order valence-corrected chi connectivity index (χ4v) is 3.39. The molecule has 2 aliphatic heterocycles. The molecule has 1 unspecified atom stereocenters. The van der Waals surface area contributed by atoms with Gasteiger partial charge in [-0.3, -0.25) is 15.0 Å². The van der Waals surface area contributed by atoms with Crippen LogP contribution >= 0.6 is 0 Å². The summed E-state index contributed by atoms with van der Waals surface area (Å²) in [5.41, 5.74) is 0.731. The second-order valence-corrected chi connectivity index (χ2v) is 5.75. The van der Waals surface area contributed by atoms with Crippen LogP contribution in [0.25, 0.3) is 0 Å². The molecule has 0 saturated carbocycles. The number of hydrogen-bond acceptors (Lipinski definition) is 6. The third-order valence-corrected chi connectivity index (χ3v) is 4.59. The topological polar surface area (TPSA) is 70.9 Å². The van der Waals surface area contributed by atoms with Gasteiger partial charge in [0.05, 0.1) is 12.0 Å². The van der Waals surface area contributed by atoms with Gasteiger partial charge in [-0.15, -0.1) is 0 Å². The van der Waals surface area contributed by atoms with Crippen LogP contribution in [-0.4, -0.2) is 62.2 Å². The first-order chi connectivity index (χ1) is 10.7. The summed E-state index contributed by atoms with van der Waals surface area (Å²) in [5.74, 6) is 0.324. The number of rotatable bonds is 4. The molecule has 22 heavy (non-hydrogen) atoms. The van der Waals surface area contributed by atoms with Crippen molar-refractivity contribution >= 4 is 11.4 Å². The van der Waals surface area contributed by atoms with Gasteiger partial charge in [-0.2, -0.15) is 0 Å². The Bertz CT molecular complexity index is 538. The molecule has 1 aromatic carbocycles. The Kier molecular flexibility index (Phi) is 4.44. The Balaban J connectivity index is 1.74. The minimum absolute atomic E-state index is 0.0704. The summed E-state index contributed by atoms with van der Waals surface area (Å²) in [7, 11) is 1.47. The van der Waals surface area contributed by atoms with Gasteiger partial charge < -0.3 is 15.0 Å². The van der Waals surface area contributed by atoms with Gasteiger partial charge in [0.1, 0.15) is 5.69 Å². The van der Waals surface area contributed by atoms with E-state index >= 15 is 0 Å². The molecule has 2 saturated heterocycles. The summed E-state index contributed by atoms with van der Waals surface area (Å²) in [4.78, 5) is 15.6. The number of nitrogens with one attached hydrogen (secondary N) is 1. The Morgan fingerprint density at radius 3 is 2.68 bits per heavy atom. The van der Waals surface area contributed by atoms with Crippen molar-refractivity contribution in [1.29, 1.82) is 0 Å². The Morgan fingerprint density at radius 1 is 1.32 bits per heavy atom. The molecule has 2 aliphatic rings. The van der Waals surface area contributed by atoms with Crippen LogP contribution in [0.15, 0.2) is 18.2 Å². The standard InChI is InChI=1S/C15H22N4O3/c1-22-14-4-2-3-13(15(14)19(20)21)18-9-7-17(8-10-18)12-5-6-16-11-12/h2-4,12,16H,5-11H2,1H3. The van der Waals surface area contributed by atoms with Crippen molar-refractivity contribution < 1.29 is 9.66 Å². The Morgan fingerprint density at radius 2 is 2.09 bits per heavy atom. The van der Waals surface area contributed by atoms with Crippen LogP contribution < -0.4 is 15.0 Å². The lowest BCUT2D eigenvalue weighted by atomic mass is 10.1. The van der Waals surface area contributed by atoms with E-state index in [9.17, 15) is 10.1 Å². The smallest absolute Gasteiger partial charge is 0.333 e. The first-order valence-corrected chi connectivity index (χ1v) is 7.72. The number of nitro benzene ring substituents is 1. The molecule has 1 aromatic rings. The molecule has 7 heteroatoms.